The molecule has 2 heterocycles. The SMILES string of the molecule is COC(=O)[C@@H]1c2ccoc2C[C@H]2[C@H]1[C@H]1OC(=S)O[C@@H]1[C@H]1C(C)(C)CCC[C@]21C. The number of furan rings is 1. The molecule has 0 bridgehead atoms. The summed E-state index contributed by atoms with van der Waals surface area (Å²) in [6.45, 7) is 7.08. The van der Waals surface area contributed by atoms with Gasteiger partial charge in [0, 0.05) is 36.0 Å². The highest BCUT2D eigenvalue weighted by atomic mass is 32.1. The van der Waals surface area contributed by atoms with Gasteiger partial charge in [0.2, 0.25) is 0 Å². The fourth-order valence-electron chi connectivity index (χ4n) is 7.38. The summed E-state index contributed by atoms with van der Waals surface area (Å²) < 4.78 is 23.3. The number of hydrogen-bond acceptors (Lipinski definition) is 6. The number of fused-ring (bicyclic) bond motifs is 7. The second-order valence-corrected chi connectivity index (χ2v) is 10.3. The molecule has 1 aromatic heterocycles. The van der Waals surface area contributed by atoms with Crippen LogP contribution >= 0.6 is 12.2 Å². The molecule has 7 atom stereocenters. The topological polar surface area (TPSA) is 57.9 Å². The summed E-state index contributed by atoms with van der Waals surface area (Å²) in [4.78, 5) is 13.0. The van der Waals surface area contributed by atoms with Crippen molar-refractivity contribution in [2.45, 2.75) is 64.6 Å². The summed E-state index contributed by atoms with van der Waals surface area (Å²) in [6, 6.07) is 1.91. The summed E-state index contributed by atoms with van der Waals surface area (Å²) in [5.41, 5.74) is 1.08. The lowest BCUT2D eigenvalue weighted by molar-refractivity contribution is -0.186. The van der Waals surface area contributed by atoms with Crippen LogP contribution < -0.4 is 0 Å². The molecule has 0 unspecified atom stereocenters. The van der Waals surface area contributed by atoms with Gasteiger partial charge in [-0.25, -0.2) is 0 Å². The Morgan fingerprint density at radius 2 is 1.96 bits per heavy atom. The van der Waals surface area contributed by atoms with Crippen molar-refractivity contribution < 1.29 is 23.4 Å². The van der Waals surface area contributed by atoms with Crippen LogP contribution in [0.15, 0.2) is 16.7 Å². The van der Waals surface area contributed by atoms with Crippen molar-refractivity contribution in [3.05, 3.63) is 23.7 Å². The molecule has 0 radical (unpaired) electrons. The third kappa shape index (κ3) is 2.30. The van der Waals surface area contributed by atoms with Crippen LogP contribution in [0.1, 0.15) is 57.3 Å². The Morgan fingerprint density at radius 3 is 2.71 bits per heavy atom. The zero-order chi connectivity index (χ0) is 19.8. The minimum Gasteiger partial charge on any atom is -0.469 e. The third-order valence-corrected chi connectivity index (χ3v) is 8.45. The Kier molecular flexibility index (Phi) is 3.94. The van der Waals surface area contributed by atoms with Crippen LogP contribution in [-0.4, -0.2) is 30.5 Å². The van der Waals surface area contributed by atoms with Gasteiger partial charge in [-0.05, 0) is 35.7 Å². The van der Waals surface area contributed by atoms with E-state index in [-0.39, 0.29) is 46.1 Å². The summed E-state index contributed by atoms with van der Waals surface area (Å²) in [6.07, 6.45) is 5.64. The normalized spacial score (nSPS) is 42.9. The minimum absolute atomic E-state index is 0.0215. The lowest BCUT2D eigenvalue weighted by Gasteiger charge is -2.62. The molecule has 5 nitrogen and oxygen atoms in total. The number of methoxy groups -OCH3 is 1. The maximum absolute atomic E-state index is 13.0. The zero-order valence-electron chi connectivity index (χ0n) is 16.9. The average Bonchev–Trinajstić information content (AvgIpc) is 3.24. The van der Waals surface area contributed by atoms with E-state index in [0.717, 1.165) is 30.6 Å². The number of esters is 1. The molecule has 1 saturated heterocycles. The van der Waals surface area contributed by atoms with Crippen molar-refractivity contribution in [1.82, 2.24) is 0 Å². The highest BCUT2D eigenvalue weighted by Gasteiger charge is 2.68. The van der Waals surface area contributed by atoms with Gasteiger partial charge >= 0.3 is 11.2 Å². The molecular weight excluding hydrogens is 376 g/mol. The quantitative estimate of drug-likeness (QED) is 0.515. The molecule has 1 aromatic rings. The highest BCUT2D eigenvalue weighted by Crippen LogP contribution is 2.66. The number of hydrogen-bond donors (Lipinski definition) is 0. The van der Waals surface area contributed by atoms with Gasteiger partial charge in [-0.1, -0.05) is 27.2 Å². The van der Waals surface area contributed by atoms with Gasteiger partial charge in [0.05, 0.1) is 19.3 Å². The van der Waals surface area contributed by atoms with E-state index in [4.69, 9.17) is 30.8 Å². The van der Waals surface area contributed by atoms with Crippen LogP contribution in [0, 0.1) is 28.6 Å². The van der Waals surface area contributed by atoms with Crippen molar-refractivity contribution in [3.8, 4) is 0 Å². The summed E-state index contributed by atoms with van der Waals surface area (Å²) in [5, 5.41) is 0.223. The largest absolute Gasteiger partial charge is 0.469 e. The van der Waals surface area contributed by atoms with Crippen LogP contribution in [0.25, 0.3) is 0 Å². The standard InChI is InChI=1S/C22H28O5S/c1-21(2)7-5-8-22(3)12-10-13-11(6-9-25-13)14(19(23)24-4)15(12)16-17(18(21)22)27-20(28)26-16/h6,9,12,14-18H,5,7-8,10H2,1-4H3/t12-,14+,15+,16+,17-,18-,22+/m0/s1. The fraction of sp³-hybridized carbons (Fsp3) is 0.727. The molecule has 3 fully saturated rings. The molecule has 6 heteroatoms. The van der Waals surface area contributed by atoms with Gasteiger partial charge in [-0.2, -0.15) is 0 Å². The van der Waals surface area contributed by atoms with Crippen molar-refractivity contribution in [2.75, 3.05) is 7.11 Å². The monoisotopic (exact) mass is 404 g/mol. The first-order valence-electron chi connectivity index (χ1n) is 10.3. The van der Waals surface area contributed by atoms with E-state index in [0.29, 0.717) is 5.92 Å². The van der Waals surface area contributed by atoms with E-state index in [1.54, 1.807) is 6.26 Å². The lowest BCUT2D eigenvalue weighted by atomic mass is 9.42. The summed E-state index contributed by atoms with van der Waals surface area (Å²) >= 11 is 5.35. The van der Waals surface area contributed by atoms with Crippen molar-refractivity contribution in [3.63, 3.8) is 0 Å². The highest BCUT2D eigenvalue weighted by molar-refractivity contribution is 7.79. The Morgan fingerprint density at radius 1 is 1.21 bits per heavy atom. The van der Waals surface area contributed by atoms with Crippen LogP contribution in [0.3, 0.4) is 0 Å². The second-order valence-electron chi connectivity index (χ2n) is 9.93. The van der Waals surface area contributed by atoms with E-state index in [1.165, 1.54) is 13.5 Å². The molecule has 5 rings (SSSR count). The second kappa shape index (κ2) is 5.97. The number of rotatable bonds is 1. The molecule has 3 aliphatic carbocycles. The molecule has 28 heavy (non-hydrogen) atoms. The number of carbonyl (C=O) groups excluding carboxylic acids is 1. The van der Waals surface area contributed by atoms with Gasteiger partial charge < -0.3 is 18.6 Å². The molecule has 0 N–H and O–H groups in total. The Balaban J connectivity index is 1.70. The van der Waals surface area contributed by atoms with Gasteiger partial charge in [0.1, 0.15) is 18.0 Å². The minimum atomic E-state index is -0.405. The molecule has 0 amide bonds. The van der Waals surface area contributed by atoms with E-state index >= 15 is 0 Å². The maximum atomic E-state index is 13.0. The van der Waals surface area contributed by atoms with Gasteiger partial charge in [-0.15, -0.1) is 0 Å². The predicted octanol–water partition coefficient (Wildman–Crippen LogP) is 4.24. The number of thiocarbonyl (C=S) groups is 1. The summed E-state index contributed by atoms with van der Waals surface area (Å²) in [7, 11) is 1.46. The average molecular weight is 405 g/mol. The van der Waals surface area contributed by atoms with Crippen LogP contribution in [0.2, 0.25) is 0 Å². The first kappa shape index (κ1) is 18.5. The van der Waals surface area contributed by atoms with Crippen molar-refractivity contribution in [1.29, 1.82) is 0 Å². The van der Waals surface area contributed by atoms with Crippen molar-refractivity contribution >= 4 is 23.4 Å². The first-order valence-corrected chi connectivity index (χ1v) is 10.7. The molecule has 2 saturated carbocycles. The molecule has 0 aromatic carbocycles. The van der Waals surface area contributed by atoms with E-state index in [2.05, 4.69) is 20.8 Å². The third-order valence-electron chi connectivity index (χ3n) is 8.26. The number of carbonyl (C=O) groups is 1. The smallest absolute Gasteiger partial charge is 0.353 e. The molecule has 0 spiro atoms. The lowest BCUT2D eigenvalue weighted by Crippen LogP contribution is -2.64. The van der Waals surface area contributed by atoms with Gasteiger partial charge in [0.25, 0.3) is 0 Å². The Bertz CT molecular complexity index is 829. The molecule has 1 aliphatic heterocycles. The molecule has 4 aliphatic rings. The summed E-state index contributed by atoms with van der Waals surface area (Å²) in [5.74, 6) is 0.825. The van der Waals surface area contributed by atoms with E-state index in [1.807, 2.05) is 6.07 Å². The fourth-order valence-corrected chi connectivity index (χ4v) is 7.60. The van der Waals surface area contributed by atoms with Crippen LogP contribution in [-0.2, 0) is 25.4 Å². The van der Waals surface area contributed by atoms with Crippen LogP contribution in [0.4, 0.5) is 0 Å². The zero-order valence-corrected chi connectivity index (χ0v) is 17.7. The Labute approximate surface area is 171 Å². The number of ether oxygens (including phenoxy) is 3. The van der Waals surface area contributed by atoms with Gasteiger partial charge in [-0.3, -0.25) is 4.79 Å². The van der Waals surface area contributed by atoms with Crippen LogP contribution in [0.5, 0.6) is 0 Å². The van der Waals surface area contributed by atoms with Gasteiger partial charge in [0.15, 0.2) is 0 Å². The molecular formula is C22H28O5S. The van der Waals surface area contributed by atoms with Crippen molar-refractivity contribution in [2.24, 2.45) is 28.6 Å². The van der Waals surface area contributed by atoms with E-state index in [9.17, 15) is 4.79 Å². The molecule has 152 valence electrons. The Hall–Kier alpha value is -1.56. The predicted molar refractivity (Wildman–Crippen MR) is 106 cm³/mol. The maximum Gasteiger partial charge on any atom is 0.353 e. The first-order chi connectivity index (χ1) is 13.3. The van der Waals surface area contributed by atoms with E-state index < -0.39 is 5.92 Å².